The van der Waals surface area contributed by atoms with E-state index in [-0.39, 0.29) is 23.0 Å². The van der Waals surface area contributed by atoms with Gasteiger partial charge >= 0.3 is 0 Å². The lowest BCUT2D eigenvalue weighted by atomic mass is 9.94. The number of hydrogen-bond acceptors (Lipinski definition) is 3. The summed E-state index contributed by atoms with van der Waals surface area (Å²) in [6.07, 6.45) is 5.66. The Hall–Kier alpha value is -2.80. The highest BCUT2D eigenvalue weighted by Gasteiger charge is 2.49. The third-order valence-electron chi connectivity index (χ3n) is 8.21. The molecule has 2 fully saturated rings. The SMILES string of the molecule is CCN1CCN(C(=O)[C@H](CCCCCC2(C)C[C@H]2c2ccc(F)cc2)NC(=O)c2ccc(F)cc2)CC1. The maximum atomic E-state index is 13.4. The Labute approximate surface area is 219 Å². The van der Waals surface area contributed by atoms with E-state index < -0.39 is 11.9 Å². The Morgan fingerprint density at radius 2 is 1.57 bits per heavy atom. The molecule has 0 spiro atoms. The van der Waals surface area contributed by atoms with Gasteiger partial charge in [0.2, 0.25) is 5.91 Å². The minimum absolute atomic E-state index is 0.0308. The molecule has 200 valence electrons. The van der Waals surface area contributed by atoms with Crippen LogP contribution in [-0.2, 0) is 4.79 Å². The maximum Gasteiger partial charge on any atom is 0.251 e. The molecule has 7 heteroatoms. The molecule has 1 aliphatic carbocycles. The zero-order chi connectivity index (χ0) is 26.4. The molecular formula is C30H39F2N3O2. The molecule has 2 aromatic rings. The van der Waals surface area contributed by atoms with Gasteiger partial charge in [0, 0.05) is 31.7 Å². The molecule has 0 aromatic heterocycles. The summed E-state index contributed by atoms with van der Waals surface area (Å²) in [5, 5.41) is 2.93. The minimum Gasteiger partial charge on any atom is -0.340 e. The van der Waals surface area contributed by atoms with Gasteiger partial charge in [-0.3, -0.25) is 9.59 Å². The molecule has 4 rings (SSSR count). The van der Waals surface area contributed by atoms with Crippen molar-refractivity contribution in [2.24, 2.45) is 5.41 Å². The molecule has 1 N–H and O–H groups in total. The number of hydrogen-bond donors (Lipinski definition) is 1. The van der Waals surface area contributed by atoms with Gasteiger partial charge in [0.05, 0.1) is 0 Å². The third-order valence-corrected chi connectivity index (χ3v) is 8.21. The Balaban J connectivity index is 1.29. The van der Waals surface area contributed by atoms with Gasteiger partial charge < -0.3 is 15.1 Å². The van der Waals surface area contributed by atoms with Crippen LogP contribution in [0.2, 0.25) is 0 Å². The molecule has 2 aromatic carbocycles. The predicted molar refractivity (Wildman–Crippen MR) is 141 cm³/mol. The Kier molecular flexibility index (Phi) is 8.95. The van der Waals surface area contributed by atoms with E-state index in [1.165, 1.54) is 42.0 Å². The predicted octanol–water partition coefficient (Wildman–Crippen LogP) is 5.37. The van der Waals surface area contributed by atoms with Gasteiger partial charge in [0.25, 0.3) is 5.91 Å². The van der Waals surface area contributed by atoms with Crippen molar-refractivity contribution in [3.05, 3.63) is 71.3 Å². The minimum atomic E-state index is -0.589. The quantitative estimate of drug-likeness (QED) is 0.413. The topological polar surface area (TPSA) is 52.6 Å². The lowest BCUT2D eigenvalue weighted by Gasteiger charge is -2.36. The van der Waals surface area contributed by atoms with E-state index >= 15 is 0 Å². The van der Waals surface area contributed by atoms with Gasteiger partial charge in [0.1, 0.15) is 17.7 Å². The van der Waals surface area contributed by atoms with Crippen LogP contribution in [0.5, 0.6) is 0 Å². The van der Waals surface area contributed by atoms with Crippen LogP contribution in [-0.4, -0.2) is 60.4 Å². The number of halogens is 2. The summed E-state index contributed by atoms with van der Waals surface area (Å²) in [5.41, 5.74) is 1.81. The number of unbranched alkanes of at least 4 members (excludes halogenated alkanes) is 2. The summed E-state index contributed by atoms with van der Waals surface area (Å²) in [4.78, 5) is 30.4. The molecule has 1 saturated heterocycles. The van der Waals surface area contributed by atoms with E-state index in [1.54, 1.807) is 0 Å². The van der Waals surface area contributed by atoms with E-state index in [9.17, 15) is 18.4 Å². The zero-order valence-electron chi connectivity index (χ0n) is 22.0. The average molecular weight is 512 g/mol. The average Bonchev–Trinajstić information content (AvgIpc) is 3.59. The number of carbonyl (C=O) groups is 2. The van der Waals surface area contributed by atoms with Crippen molar-refractivity contribution in [2.75, 3.05) is 32.7 Å². The number of carbonyl (C=O) groups excluding carboxylic acids is 2. The highest BCUT2D eigenvalue weighted by Crippen LogP contribution is 2.61. The lowest BCUT2D eigenvalue weighted by molar-refractivity contribution is -0.135. The first kappa shape index (κ1) is 27.2. The first-order chi connectivity index (χ1) is 17.8. The second-order valence-electron chi connectivity index (χ2n) is 10.9. The van der Waals surface area contributed by atoms with Gasteiger partial charge in [0.15, 0.2) is 0 Å². The van der Waals surface area contributed by atoms with Gasteiger partial charge in [-0.2, -0.15) is 0 Å². The number of amides is 2. The van der Waals surface area contributed by atoms with Crippen molar-refractivity contribution < 1.29 is 18.4 Å². The molecule has 1 saturated carbocycles. The van der Waals surface area contributed by atoms with Crippen LogP contribution in [0.1, 0.15) is 74.2 Å². The van der Waals surface area contributed by atoms with Crippen LogP contribution in [0.4, 0.5) is 8.78 Å². The molecule has 37 heavy (non-hydrogen) atoms. The highest BCUT2D eigenvalue weighted by molar-refractivity contribution is 5.97. The van der Waals surface area contributed by atoms with Crippen LogP contribution in [0, 0.1) is 17.0 Å². The fourth-order valence-corrected chi connectivity index (χ4v) is 5.56. The van der Waals surface area contributed by atoms with Crippen LogP contribution < -0.4 is 5.32 Å². The van der Waals surface area contributed by atoms with Crippen LogP contribution >= 0.6 is 0 Å². The van der Waals surface area contributed by atoms with Gasteiger partial charge in [-0.1, -0.05) is 45.2 Å². The van der Waals surface area contributed by atoms with Gasteiger partial charge in [-0.15, -0.1) is 0 Å². The Morgan fingerprint density at radius 3 is 2.19 bits per heavy atom. The second-order valence-corrected chi connectivity index (χ2v) is 10.9. The monoisotopic (exact) mass is 511 g/mol. The number of rotatable bonds is 11. The first-order valence-electron chi connectivity index (χ1n) is 13.6. The molecule has 0 radical (unpaired) electrons. The van der Waals surface area contributed by atoms with Crippen LogP contribution in [0.25, 0.3) is 0 Å². The number of benzene rings is 2. The van der Waals surface area contributed by atoms with Crippen molar-refractivity contribution in [2.45, 2.75) is 64.3 Å². The Morgan fingerprint density at radius 1 is 0.946 bits per heavy atom. The molecule has 1 unspecified atom stereocenters. The largest absolute Gasteiger partial charge is 0.340 e. The van der Waals surface area contributed by atoms with Crippen LogP contribution in [0.3, 0.4) is 0 Å². The maximum absolute atomic E-state index is 13.4. The van der Waals surface area contributed by atoms with E-state index in [4.69, 9.17) is 0 Å². The van der Waals surface area contributed by atoms with E-state index in [2.05, 4.69) is 24.1 Å². The fourth-order valence-electron chi connectivity index (χ4n) is 5.56. The van der Waals surface area contributed by atoms with Crippen molar-refractivity contribution in [1.29, 1.82) is 0 Å². The molecule has 5 nitrogen and oxygen atoms in total. The number of likely N-dealkylation sites (N-methyl/N-ethyl adjacent to an activating group) is 1. The van der Waals surface area contributed by atoms with Gasteiger partial charge in [-0.25, -0.2) is 8.78 Å². The summed E-state index contributed by atoms with van der Waals surface area (Å²) >= 11 is 0. The van der Waals surface area contributed by atoms with E-state index in [0.29, 0.717) is 31.0 Å². The fraction of sp³-hybridized carbons (Fsp3) is 0.533. The smallest absolute Gasteiger partial charge is 0.251 e. The molecule has 1 aliphatic heterocycles. The standard InChI is InChI=1S/C30H39F2N3O2/c1-3-34-17-19-35(20-18-34)29(37)27(33-28(36)23-10-14-25(32)15-11-23)7-5-4-6-16-30(2)21-26(30)22-8-12-24(31)13-9-22/h8-15,26-27H,3-7,16-21H2,1-2H3,(H,33,36)/t26-,27-,30?/m0/s1. The normalized spacial score (nSPS) is 22.5. The highest BCUT2D eigenvalue weighted by atomic mass is 19.1. The van der Waals surface area contributed by atoms with E-state index in [1.807, 2.05) is 17.0 Å². The molecule has 0 bridgehead atoms. The number of nitrogens with zero attached hydrogens (tertiary/aromatic N) is 2. The number of nitrogens with one attached hydrogen (secondary N) is 1. The van der Waals surface area contributed by atoms with Crippen molar-refractivity contribution in [1.82, 2.24) is 15.1 Å². The van der Waals surface area contributed by atoms with Gasteiger partial charge in [-0.05, 0) is 79.1 Å². The van der Waals surface area contributed by atoms with Crippen molar-refractivity contribution in [3.8, 4) is 0 Å². The van der Waals surface area contributed by atoms with E-state index in [0.717, 1.165) is 51.7 Å². The van der Waals surface area contributed by atoms with Crippen molar-refractivity contribution in [3.63, 3.8) is 0 Å². The van der Waals surface area contributed by atoms with Crippen molar-refractivity contribution >= 4 is 11.8 Å². The zero-order valence-corrected chi connectivity index (χ0v) is 22.0. The Bertz CT molecular complexity index is 1050. The summed E-state index contributed by atoms with van der Waals surface area (Å²) in [5.74, 6) is -0.493. The summed E-state index contributed by atoms with van der Waals surface area (Å²) in [7, 11) is 0. The number of piperazine rings is 1. The molecular weight excluding hydrogens is 472 g/mol. The third kappa shape index (κ3) is 7.16. The first-order valence-corrected chi connectivity index (χ1v) is 13.6. The molecule has 2 aliphatic rings. The molecule has 3 atom stereocenters. The molecule has 1 heterocycles. The second kappa shape index (κ2) is 12.2. The molecule has 2 amide bonds. The summed E-state index contributed by atoms with van der Waals surface area (Å²) in [6.45, 7) is 8.40. The lowest BCUT2D eigenvalue weighted by Crippen LogP contribution is -2.54. The summed E-state index contributed by atoms with van der Waals surface area (Å²) < 4.78 is 26.5. The summed E-state index contributed by atoms with van der Waals surface area (Å²) in [6, 6.07) is 11.7. The van der Waals surface area contributed by atoms with Crippen LogP contribution in [0.15, 0.2) is 48.5 Å².